The number of hydrogen-bond donors (Lipinski definition) is 4. The summed E-state index contributed by atoms with van der Waals surface area (Å²) in [6.45, 7) is 1.55. The summed E-state index contributed by atoms with van der Waals surface area (Å²) in [4.78, 5) is 22.0. The molecule has 2 amide bonds. The fraction of sp³-hybridized carbons (Fsp3) is 0.778. The fourth-order valence-corrected chi connectivity index (χ4v) is 1.69. The Balaban J connectivity index is 4.04. The second-order valence-electron chi connectivity index (χ2n) is 3.38. The number of nitrogens with one attached hydrogen (secondary N) is 2. The third-order valence-corrected chi connectivity index (χ3v) is 2.65. The Kier molecular flexibility index (Phi) is 7.74. The molecular weight excluding hydrogens is 232 g/mol. The number of carboxylic acids is 1. The van der Waals surface area contributed by atoms with Crippen molar-refractivity contribution in [1.29, 1.82) is 0 Å². The maximum absolute atomic E-state index is 11.3. The van der Waals surface area contributed by atoms with Crippen molar-refractivity contribution in [2.24, 2.45) is 0 Å². The average Bonchev–Trinajstić information content (AvgIpc) is 2.16. The van der Waals surface area contributed by atoms with E-state index >= 15 is 0 Å². The molecule has 0 heterocycles. The smallest absolute Gasteiger partial charge is 0.326 e. The molecule has 0 saturated carbocycles. The van der Waals surface area contributed by atoms with Crippen LogP contribution in [-0.2, 0) is 4.79 Å². The van der Waals surface area contributed by atoms with Gasteiger partial charge in [-0.2, -0.15) is 11.8 Å². The average molecular weight is 250 g/mol. The van der Waals surface area contributed by atoms with Gasteiger partial charge in [-0.05, 0) is 13.2 Å². The molecule has 0 aromatic rings. The van der Waals surface area contributed by atoms with Crippen molar-refractivity contribution in [2.75, 3.05) is 18.6 Å². The molecule has 0 aliphatic heterocycles. The highest BCUT2D eigenvalue weighted by atomic mass is 32.2. The van der Waals surface area contributed by atoms with Crippen LogP contribution in [0.3, 0.4) is 0 Å². The number of thioether (sulfide) groups is 1. The van der Waals surface area contributed by atoms with Gasteiger partial charge in [0.1, 0.15) is 6.04 Å². The maximum atomic E-state index is 11.3. The molecule has 6 nitrogen and oxygen atoms in total. The van der Waals surface area contributed by atoms with Crippen molar-refractivity contribution in [3.8, 4) is 0 Å². The van der Waals surface area contributed by atoms with Crippen LogP contribution in [0.4, 0.5) is 4.79 Å². The molecule has 0 saturated heterocycles. The van der Waals surface area contributed by atoms with E-state index < -0.39 is 18.0 Å². The highest BCUT2D eigenvalue weighted by Crippen LogP contribution is 1.96. The molecule has 0 aromatic carbocycles. The van der Waals surface area contributed by atoms with Crippen LogP contribution in [0.1, 0.15) is 13.3 Å². The van der Waals surface area contributed by atoms with E-state index in [-0.39, 0.29) is 19.1 Å². The van der Waals surface area contributed by atoms with E-state index in [9.17, 15) is 9.59 Å². The summed E-state index contributed by atoms with van der Waals surface area (Å²) < 4.78 is 0. The molecule has 0 bridgehead atoms. The quantitative estimate of drug-likeness (QED) is 0.504. The maximum Gasteiger partial charge on any atom is 0.326 e. The number of carboxylic acid groups (broad SMARTS) is 1. The molecule has 0 spiro atoms. The van der Waals surface area contributed by atoms with Gasteiger partial charge in [0.25, 0.3) is 0 Å². The van der Waals surface area contributed by atoms with Gasteiger partial charge in [-0.1, -0.05) is 0 Å². The summed E-state index contributed by atoms with van der Waals surface area (Å²) in [7, 11) is 0. The number of aliphatic carboxylic acids is 1. The summed E-state index contributed by atoms with van der Waals surface area (Å²) in [5.41, 5.74) is 0. The Morgan fingerprint density at radius 1 is 1.38 bits per heavy atom. The third kappa shape index (κ3) is 6.52. The number of carbonyl (C=O) groups is 2. The predicted octanol–water partition coefficient (Wildman–Crippen LogP) is -0.127. The molecule has 0 aliphatic carbocycles. The third-order valence-electron chi connectivity index (χ3n) is 1.82. The van der Waals surface area contributed by atoms with Crippen molar-refractivity contribution in [1.82, 2.24) is 10.6 Å². The van der Waals surface area contributed by atoms with Crippen LogP contribution in [-0.4, -0.2) is 52.9 Å². The minimum absolute atomic E-state index is 0.000335. The van der Waals surface area contributed by atoms with Gasteiger partial charge >= 0.3 is 12.0 Å². The van der Waals surface area contributed by atoms with Crippen LogP contribution in [0.25, 0.3) is 0 Å². The molecule has 16 heavy (non-hydrogen) atoms. The zero-order valence-corrected chi connectivity index (χ0v) is 10.2. The SMILES string of the molecule is CSCC(C)NC(=O)N[C@@H](CCO)C(=O)O. The van der Waals surface area contributed by atoms with E-state index in [1.54, 1.807) is 11.8 Å². The highest BCUT2D eigenvalue weighted by molar-refractivity contribution is 7.98. The van der Waals surface area contributed by atoms with Crippen LogP contribution < -0.4 is 10.6 Å². The first-order valence-corrected chi connectivity index (χ1v) is 6.30. The molecule has 1 unspecified atom stereocenters. The number of aliphatic hydroxyl groups excluding tert-OH is 1. The lowest BCUT2D eigenvalue weighted by molar-refractivity contribution is -0.139. The largest absolute Gasteiger partial charge is 0.480 e. The summed E-state index contributed by atoms with van der Waals surface area (Å²) in [6.07, 6.45) is 1.92. The molecular formula is C9H18N2O4S. The van der Waals surface area contributed by atoms with Crippen LogP contribution >= 0.6 is 11.8 Å². The molecule has 4 N–H and O–H groups in total. The first-order chi connectivity index (χ1) is 7.51. The van der Waals surface area contributed by atoms with Gasteiger partial charge in [0.2, 0.25) is 0 Å². The van der Waals surface area contributed by atoms with Crippen molar-refractivity contribution in [3.05, 3.63) is 0 Å². The standard InChI is InChI=1S/C9H18N2O4S/c1-6(5-16-2)10-9(15)11-7(3-4-12)8(13)14/h6-7,12H,3-5H2,1-2H3,(H,13,14)(H2,10,11,15)/t6?,7-/m0/s1. The highest BCUT2D eigenvalue weighted by Gasteiger charge is 2.19. The molecule has 0 radical (unpaired) electrons. The Morgan fingerprint density at radius 3 is 2.44 bits per heavy atom. The summed E-state index contributed by atoms with van der Waals surface area (Å²) in [5, 5.41) is 22.3. The summed E-state index contributed by atoms with van der Waals surface area (Å²) in [6, 6.07) is -1.60. The lowest BCUT2D eigenvalue weighted by atomic mass is 10.2. The minimum Gasteiger partial charge on any atom is -0.480 e. The monoisotopic (exact) mass is 250 g/mol. The molecule has 0 aliphatic rings. The van der Waals surface area contributed by atoms with Crippen LogP contribution in [0.2, 0.25) is 0 Å². The second-order valence-corrected chi connectivity index (χ2v) is 4.29. The van der Waals surface area contributed by atoms with Crippen molar-refractivity contribution >= 4 is 23.8 Å². The number of rotatable bonds is 7. The Labute approximate surface area is 98.8 Å². The predicted molar refractivity (Wildman–Crippen MR) is 62.6 cm³/mol. The van der Waals surface area contributed by atoms with E-state index in [1.807, 2.05) is 13.2 Å². The van der Waals surface area contributed by atoms with Gasteiger partial charge in [-0.15, -0.1) is 0 Å². The summed E-state index contributed by atoms with van der Waals surface area (Å²) in [5.74, 6) is -0.396. The summed E-state index contributed by atoms with van der Waals surface area (Å²) >= 11 is 1.59. The topological polar surface area (TPSA) is 98.7 Å². The van der Waals surface area contributed by atoms with Crippen molar-refractivity contribution < 1.29 is 19.8 Å². The zero-order valence-electron chi connectivity index (χ0n) is 9.40. The first-order valence-electron chi connectivity index (χ1n) is 4.90. The number of urea groups is 1. The van der Waals surface area contributed by atoms with Gasteiger partial charge in [0.05, 0.1) is 0 Å². The molecule has 0 fully saturated rings. The van der Waals surface area contributed by atoms with E-state index in [2.05, 4.69) is 10.6 Å². The minimum atomic E-state index is -1.15. The van der Waals surface area contributed by atoms with E-state index in [0.717, 1.165) is 5.75 Å². The van der Waals surface area contributed by atoms with Gasteiger partial charge in [-0.25, -0.2) is 9.59 Å². The normalized spacial score (nSPS) is 13.9. The van der Waals surface area contributed by atoms with Crippen LogP contribution in [0.5, 0.6) is 0 Å². The van der Waals surface area contributed by atoms with Gasteiger partial charge in [0.15, 0.2) is 0 Å². The fourth-order valence-electron chi connectivity index (χ4n) is 1.10. The Hall–Kier alpha value is -0.950. The van der Waals surface area contributed by atoms with Crippen LogP contribution in [0, 0.1) is 0 Å². The Morgan fingerprint density at radius 2 is 2.00 bits per heavy atom. The number of hydrogen-bond acceptors (Lipinski definition) is 4. The lowest BCUT2D eigenvalue weighted by Gasteiger charge is -2.17. The van der Waals surface area contributed by atoms with Gasteiger partial charge in [-0.3, -0.25) is 0 Å². The van der Waals surface area contributed by atoms with E-state index in [0.29, 0.717) is 0 Å². The number of carbonyl (C=O) groups excluding carboxylic acids is 1. The molecule has 0 rings (SSSR count). The Bertz CT molecular complexity index is 238. The van der Waals surface area contributed by atoms with E-state index in [4.69, 9.17) is 10.2 Å². The van der Waals surface area contributed by atoms with Crippen molar-refractivity contribution in [3.63, 3.8) is 0 Å². The molecule has 0 aromatic heterocycles. The molecule has 7 heteroatoms. The zero-order chi connectivity index (χ0) is 12.6. The van der Waals surface area contributed by atoms with E-state index in [1.165, 1.54) is 0 Å². The van der Waals surface area contributed by atoms with Crippen LogP contribution in [0.15, 0.2) is 0 Å². The molecule has 94 valence electrons. The lowest BCUT2D eigenvalue weighted by Crippen LogP contribution is -2.49. The molecule has 2 atom stereocenters. The second kappa shape index (κ2) is 8.23. The van der Waals surface area contributed by atoms with Gasteiger partial charge in [0, 0.05) is 24.8 Å². The van der Waals surface area contributed by atoms with Crippen molar-refractivity contribution in [2.45, 2.75) is 25.4 Å². The first kappa shape index (κ1) is 15.0. The van der Waals surface area contributed by atoms with Gasteiger partial charge < -0.3 is 20.8 Å². The number of amides is 2. The number of aliphatic hydroxyl groups is 1.